The van der Waals surface area contributed by atoms with Crippen molar-refractivity contribution in [3.63, 3.8) is 0 Å². The predicted molar refractivity (Wildman–Crippen MR) is 125 cm³/mol. The third-order valence-electron chi connectivity index (χ3n) is 4.37. The zero-order chi connectivity index (χ0) is 21.6. The molecule has 10 heteroatoms. The molecule has 31 heavy (non-hydrogen) atoms. The number of hydrazone groups is 1. The highest BCUT2D eigenvalue weighted by Crippen LogP contribution is 2.24. The number of halogens is 1. The third-order valence-corrected chi connectivity index (χ3v) is 5.89. The number of nitrogens with one attached hydrogen (secondary N) is 2. The average molecular weight is 496 g/mol. The van der Waals surface area contributed by atoms with E-state index < -0.39 is 0 Å². The van der Waals surface area contributed by atoms with E-state index in [0.717, 1.165) is 32.7 Å². The number of amides is 1. The van der Waals surface area contributed by atoms with Gasteiger partial charge in [-0.05, 0) is 12.1 Å². The van der Waals surface area contributed by atoms with Gasteiger partial charge in [-0.25, -0.2) is 5.43 Å². The van der Waals surface area contributed by atoms with E-state index in [9.17, 15) is 4.79 Å². The van der Waals surface area contributed by atoms with Crippen molar-refractivity contribution in [1.82, 2.24) is 30.4 Å². The maximum atomic E-state index is 12.2. The number of aromatic nitrogens is 5. The van der Waals surface area contributed by atoms with Crippen LogP contribution in [0.15, 0.2) is 75.5 Å². The molecule has 8 nitrogen and oxygen atoms in total. The van der Waals surface area contributed by atoms with E-state index in [4.69, 9.17) is 0 Å². The van der Waals surface area contributed by atoms with Gasteiger partial charge in [-0.3, -0.25) is 9.89 Å². The molecule has 0 spiro atoms. The Balaban J connectivity index is 1.34. The van der Waals surface area contributed by atoms with Crippen LogP contribution in [-0.2, 0) is 11.8 Å². The fourth-order valence-corrected chi connectivity index (χ4v) is 3.99. The highest BCUT2D eigenvalue weighted by molar-refractivity contribution is 9.10. The molecule has 0 bridgehead atoms. The number of H-pyrrole nitrogens is 1. The second-order valence-corrected chi connectivity index (χ2v) is 8.38. The van der Waals surface area contributed by atoms with E-state index in [0.29, 0.717) is 5.16 Å². The number of hydrogen-bond acceptors (Lipinski definition) is 6. The van der Waals surface area contributed by atoms with E-state index >= 15 is 0 Å². The molecular formula is C21H18BrN7OS. The Morgan fingerprint density at radius 3 is 2.81 bits per heavy atom. The van der Waals surface area contributed by atoms with Crippen LogP contribution in [0.25, 0.3) is 22.6 Å². The van der Waals surface area contributed by atoms with Gasteiger partial charge in [0.05, 0.1) is 23.9 Å². The van der Waals surface area contributed by atoms with Crippen LogP contribution < -0.4 is 5.43 Å². The fourth-order valence-electron chi connectivity index (χ4n) is 2.89. The smallest absolute Gasteiger partial charge is 0.250 e. The van der Waals surface area contributed by atoms with Gasteiger partial charge in [0.25, 0.3) is 5.91 Å². The minimum absolute atomic E-state index is 0.165. The molecule has 0 radical (unpaired) electrons. The summed E-state index contributed by atoms with van der Waals surface area (Å²) < 4.78 is 2.83. The van der Waals surface area contributed by atoms with Crippen LogP contribution in [0.4, 0.5) is 0 Å². The summed E-state index contributed by atoms with van der Waals surface area (Å²) >= 11 is 4.76. The van der Waals surface area contributed by atoms with Gasteiger partial charge in [0.2, 0.25) is 0 Å². The van der Waals surface area contributed by atoms with Crippen LogP contribution in [0.1, 0.15) is 5.56 Å². The number of rotatable bonds is 7. The number of aromatic amines is 1. The maximum absolute atomic E-state index is 12.2. The molecule has 2 aromatic carbocycles. The lowest BCUT2D eigenvalue weighted by atomic mass is 10.1. The molecule has 0 atom stereocenters. The van der Waals surface area contributed by atoms with Crippen LogP contribution in [0, 0.1) is 0 Å². The first-order valence-corrected chi connectivity index (χ1v) is 11.1. The van der Waals surface area contributed by atoms with Gasteiger partial charge in [-0.15, -0.1) is 10.2 Å². The molecule has 0 saturated heterocycles. The highest BCUT2D eigenvalue weighted by atomic mass is 79.9. The molecule has 2 heterocycles. The van der Waals surface area contributed by atoms with Gasteiger partial charge in [-0.2, -0.15) is 10.2 Å². The summed E-state index contributed by atoms with van der Waals surface area (Å²) in [5.41, 5.74) is 6.10. The SMILES string of the molecule is Cn1c(SCC(=O)N/N=C/c2cn[nH]c2-c2ccccc2)nnc1-c1cccc(Br)c1. The molecular weight excluding hydrogens is 478 g/mol. The second-order valence-electron chi connectivity index (χ2n) is 6.52. The predicted octanol–water partition coefficient (Wildman–Crippen LogP) is 3.88. The molecule has 1 amide bonds. The average Bonchev–Trinajstić information content (AvgIpc) is 3.39. The second kappa shape index (κ2) is 9.71. The Labute approximate surface area is 191 Å². The standard InChI is InChI=1S/C21H18BrN7OS/c1-29-20(15-8-5-9-17(22)10-15)27-28-21(29)31-13-18(30)25-23-11-16-12-24-26-19(16)14-6-3-2-4-7-14/h2-12H,13H2,1H3,(H,24,26)(H,25,30)/b23-11+. The number of carbonyl (C=O) groups excluding carboxylic acids is 1. The van der Waals surface area contributed by atoms with Crippen molar-refractivity contribution in [3.8, 4) is 22.6 Å². The van der Waals surface area contributed by atoms with Gasteiger partial charge >= 0.3 is 0 Å². The van der Waals surface area contributed by atoms with Crippen molar-refractivity contribution < 1.29 is 4.79 Å². The Morgan fingerprint density at radius 1 is 1.19 bits per heavy atom. The van der Waals surface area contributed by atoms with Crippen LogP contribution in [0.3, 0.4) is 0 Å². The summed E-state index contributed by atoms with van der Waals surface area (Å²) in [5, 5.41) is 20.1. The summed E-state index contributed by atoms with van der Waals surface area (Å²) in [6.07, 6.45) is 3.23. The minimum atomic E-state index is -0.238. The normalized spacial score (nSPS) is 11.2. The molecule has 4 aromatic rings. The molecule has 0 aliphatic rings. The van der Waals surface area contributed by atoms with Crippen LogP contribution in [0.5, 0.6) is 0 Å². The van der Waals surface area contributed by atoms with Crippen molar-refractivity contribution in [2.75, 3.05) is 5.75 Å². The first-order chi connectivity index (χ1) is 15.1. The Bertz CT molecular complexity index is 1220. The first-order valence-electron chi connectivity index (χ1n) is 9.30. The number of benzene rings is 2. The molecule has 4 rings (SSSR count). The lowest BCUT2D eigenvalue weighted by molar-refractivity contribution is -0.118. The Morgan fingerprint density at radius 2 is 2.00 bits per heavy atom. The molecule has 2 N–H and O–H groups in total. The molecule has 0 aliphatic carbocycles. The van der Waals surface area contributed by atoms with E-state index in [1.54, 1.807) is 12.4 Å². The van der Waals surface area contributed by atoms with Gasteiger partial charge < -0.3 is 4.57 Å². The molecule has 156 valence electrons. The van der Waals surface area contributed by atoms with Crippen molar-refractivity contribution in [1.29, 1.82) is 0 Å². The number of thioether (sulfide) groups is 1. The highest BCUT2D eigenvalue weighted by Gasteiger charge is 2.13. The van der Waals surface area contributed by atoms with Gasteiger partial charge in [0.15, 0.2) is 11.0 Å². The van der Waals surface area contributed by atoms with Crippen LogP contribution in [0.2, 0.25) is 0 Å². The number of nitrogens with zero attached hydrogens (tertiary/aromatic N) is 5. The first kappa shape index (κ1) is 21.0. The lowest BCUT2D eigenvalue weighted by Crippen LogP contribution is -2.19. The summed E-state index contributed by atoms with van der Waals surface area (Å²) in [4.78, 5) is 12.2. The summed E-state index contributed by atoms with van der Waals surface area (Å²) in [6, 6.07) is 17.6. The van der Waals surface area contributed by atoms with Crippen LogP contribution >= 0.6 is 27.7 Å². The monoisotopic (exact) mass is 495 g/mol. The zero-order valence-electron chi connectivity index (χ0n) is 16.5. The molecule has 0 aliphatic heterocycles. The third kappa shape index (κ3) is 5.09. The Hall–Kier alpha value is -3.24. The number of carbonyl (C=O) groups is 1. The molecule has 0 fully saturated rings. The summed E-state index contributed by atoms with van der Waals surface area (Å²) in [5.74, 6) is 0.660. The minimum Gasteiger partial charge on any atom is -0.305 e. The fraction of sp³-hybridized carbons (Fsp3) is 0.0952. The van der Waals surface area contributed by atoms with E-state index in [1.807, 2.05) is 66.2 Å². The summed E-state index contributed by atoms with van der Waals surface area (Å²) in [7, 11) is 1.87. The van der Waals surface area contributed by atoms with Crippen molar-refractivity contribution in [3.05, 3.63) is 70.8 Å². The molecule has 2 aromatic heterocycles. The number of hydrogen-bond donors (Lipinski definition) is 2. The Kier molecular flexibility index (Phi) is 6.58. The molecule has 0 unspecified atom stereocenters. The topological polar surface area (TPSA) is 101 Å². The van der Waals surface area contributed by atoms with Crippen molar-refractivity contribution >= 4 is 39.8 Å². The van der Waals surface area contributed by atoms with Crippen molar-refractivity contribution in [2.45, 2.75) is 5.16 Å². The molecule has 0 saturated carbocycles. The zero-order valence-corrected chi connectivity index (χ0v) is 18.9. The van der Waals surface area contributed by atoms with E-state index in [1.165, 1.54) is 11.8 Å². The van der Waals surface area contributed by atoms with Gasteiger partial charge in [-0.1, -0.05) is 70.2 Å². The van der Waals surface area contributed by atoms with E-state index in [2.05, 4.69) is 46.9 Å². The largest absolute Gasteiger partial charge is 0.305 e. The maximum Gasteiger partial charge on any atom is 0.250 e. The van der Waals surface area contributed by atoms with Crippen molar-refractivity contribution in [2.24, 2.45) is 12.1 Å². The van der Waals surface area contributed by atoms with Gasteiger partial charge in [0.1, 0.15) is 0 Å². The van der Waals surface area contributed by atoms with E-state index in [-0.39, 0.29) is 11.7 Å². The van der Waals surface area contributed by atoms with Gasteiger partial charge in [0, 0.05) is 28.2 Å². The lowest BCUT2D eigenvalue weighted by Gasteiger charge is -2.04. The summed E-state index contributed by atoms with van der Waals surface area (Å²) in [6.45, 7) is 0. The quantitative estimate of drug-likeness (QED) is 0.230. The van der Waals surface area contributed by atoms with Crippen LogP contribution in [-0.4, -0.2) is 42.8 Å².